The molecule has 1 saturated heterocycles. The molecule has 91 valence electrons. The van der Waals surface area contributed by atoms with Gasteiger partial charge < -0.3 is 18.7 Å². The molecule has 17 heavy (non-hydrogen) atoms. The van der Waals surface area contributed by atoms with E-state index in [-0.39, 0.29) is 9.84 Å². The first kappa shape index (κ1) is 12.8. The van der Waals surface area contributed by atoms with E-state index in [1.165, 1.54) is 5.82 Å². The van der Waals surface area contributed by atoms with E-state index in [4.69, 9.17) is 0 Å². The van der Waals surface area contributed by atoms with Crippen molar-refractivity contribution >= 4 is 29.6 Å². The summed E-state index contributed by atoms with van der Waals surface area (Å²) in [6.07, 6.45) is 2.00. The normalized spacial score (nSPS) is 19.5. The fraction of sp³-hybridized carbons (Fsp3) is 0.600. The largest absolute Gasteiger partial charge is 0.407 e. The second kappa shape index (κ2) is 4.92. The molecule has 1 N–H and O–H groups in total. The first-order chi connectivity index (χ1) is 8.02. The molecule has 0 saturated carbocycles. The van der Waals surface area contributed by atoms with Crippen LogP contribution in [-0.4, -0.2) is 51.1 Å². The van der Waals surface area contributed by atoms with Gasteiger partial charge in [-0.05, 0) is 25.2 Å². The smallest absolute Gasteiger partial charge is 0.322 e. The molecule has 1 radical (unpaired) electrons. The summed E-state index contributed by atoms with van der Waals surface area (Å²) in [5, 5.41) is 0. The molecule has 1 aliphatic heterocycles. The van der Waals surface area contributed by atoms with Crippen molar-refractivity contribution in [1.29, 1.82) is 0 Å². The number of anilines is 1. The van der Waals surface area contributed by atoms with Crippen molar-refractivity contribution in [3.8, 4) is 0 Å². The molecule has 0 unspecified atom stereocenters. The number of nitrogens with one attached hydrogen (secondary N) is 1. The van der Waals surface area contributed by atoms with Crippen LogP contribution in [0.1, 0.15) is 13.8 Å². The summed E-state index contributed by atoms with van der Waals surface area (Å²) in [6.45, 7) is 10.1. The summed E-state index contributed by atoms with van der Waals surface area (Å²) in [7, 11) is 2.37. The van der Waals surface area contributed by atoms with Crippen LogP contribution >= 0.6 is 0 Å². The summed E-state index contributed by atoms with van der Waals surface area (Å²) in [5.74, 6) is 1.23. The molecule has 7 heteroatoms. The number of H-pyrrole nitrogens is 1. The average molecular weight is 247 g/mol. The lowest BCUT2D eigenvalue weighted by molar-refractivity contribution is 0.489. The van der Waals surface area contributed by atoms with Crippen molar-refractivity contribution < 1.29 is 0 Å². The molecule has 0 bridgehead atoms. The zero-order chi connectivity index (χ0) is 12.6. The molecule has 1 aromatic heterocycles. The van der Waals surface area contributed by atoms with E-state index in [9.17, 15) is 0 Å². The van der Waals surface area contributed by atoms with E-state index in [0.29, 0.717) is 20.0 Å². The van der Waals surface area contributed by atoms with Crippen molar-refractivity contribution in [2.75, 3.05) is 11.5 Å². The number of hydrogen-bond acceptors (Lipinski definition) is 3. The molecule has 2 rings (SSSR count). The Morgan fingerprint density at radius 3 is 2.53 bits per heavy atom. The lowest BCUT2D eigenvalue weighted by Crippen LogP contribution is -2.72. The molecular weight excluding hydrogens is 226 g/mol. The van der Waals surface area contributed by atoms with Gasteiger partial charge in [-0.15, -0.1) is 0 Å². The van der Waals surface area contributed by atoms with Gasteiger partial charge in [-0.25, -0.2) is 0 Å². The topological polar surface area (TPSA) is 25.5 Å². The minimum absolute atomic E-state index is 0.154. The number of aromatic amines is 1. The van der Waals surface area contributed by atoms with Crippen LogP contribution in [0.3, 0.4) is 0 Å². The maximum atomic E-state index is 3.33. The maximum absolute atomic E-state index is 3.33. The Kier molecular flexibility index (Phi) is 3.70. The minimum atomic E-state index is 0.154. The second-order valence-electron chi connectivity index (χ2n) is 5.05. The van der Waals surface area contributed by atoms with Gasteiger partial charge in [-0.3, -0.25) is 0 Å². The van der Waals surface area contributed by atoms with Crippen LogP contribution in [0.2, 0.25) is 13.6 Å². The van der Waals surface area contributed by atoms with Gasteiger partial charge >= 0.3 is 6.98 Å². The predicted molar refractivity (Wildman–Crippen MR) is 78.4 cm³/mol. The van der Waals surface area contributed by atoms with Crippen LogP contribution in [0.15, 0.2) is 18.3 Å². The van der Waals surface area contributed by atoms with Crippen LogP contribution in [0, 0.1) is 0 Å². The SMILES string of the molecule is CB1N(C)[SiH]N(c2ccc[nH]2)B(C)N1C(C)C. The third kappa shape index (κ3) is 2.32. The third-order valence-corrected chi connectivity index (χ3v) is 5.37. The second-order valence-corrected chi connectivity index (χ2v) is 6.65. The summed E-state index contributed by atoms with van der Waals surface area (Å²) in [6, 6.07) is 4.78. The Morgan fingerprint density at radius 1 is 1.29 bits per heavy atom. The fourth-order valence-electron chi connectivity index (χ4n) is 2.66. The minimum Gasteiger partial charge on any atom is -0.407 e. The van der Waals surface area contributed by atoms with Gasteiger partial charge in [0.1, 0.15) is 0 Å². The van der Waals surface area contributed by atoms with E-state index < -0.39 is 0 Å². The Hall–Kier alpha value is -0.653. The number of hydrogen-bond donors (Lipinski definition) is 1. The summed E-state index contributed by atoms with van der Waals surface area (Å²) >= 11 is 0. The zero-order valence-electron chi connectivity index (χ0n) is 11.4. The molecule has 2 heterocycles. The van der Waals surface area contributed by atoms with Crippen LogP contribution < -0.4 is 4.48 Å². The van der Waals surface area contributed by atoms with Crippen LogP contribution in [0.5, 0.6) is 0 Å². The van der Waals surface area contributed by atoms with Gasteiger partial charge in [-0.2, -0.15) is 0 Å². The van der Waals surface area contributed by atoms with E-state index in [1.807, 2.05) is 6.20 Å². The summed E-state index contributed by atoms with van der Waals surface area (Å²) in [4.78, 5) is 3.33. The molecule has 0 aliphatic carbocycles. The van der Waals surface area contributed by atoms with Crippen LogP contribution in [0.25, 0.3) is 0 Å². The van der Waals surface area contributed by atoms with Gasteiger partial charge in [0, 0.05) is 6.20 Å². The van der Waals surface area contributed by atoms with Gasteiger partial charge in [-0.1, -0.05) is 27.5 Å². The van der Waals surface area contributed by atoms with E-state index in [2.05, 4.69) is 65.3 Å². The molecule has 0 atom stereocenters. The molecule has 0 spiro atoms. The number of nitrogens with zero attached hydrogens (tertiary/aromatic N) is 3. The van der Waals surface area contributed by atoms with E-state index in [1.54, 1.807) is 0 Å². The lowest BCUT2D eigenvalue weighted by atomic mass is 9.61. The number of aromatic nitrogens is 1. The third-order valence-electron chi connectivity index (χ3n) is 3.62. The molecule has 4 nitrogen and oxygen atoms in total. The molecule has 1 aliphatic rings. The Labute approximate surface area is 108 Å². The van der Waals surface area contributed by atoms with Gasteiger partial charge in [0.2, 0.25) is 9.84 Å². The molecule has 1 fully saturated rings. The zero-order valence-corrected chi connectivity index (χ0v) is 12.5. The Bertz CT molecular complexity index is 359. The van der Waals surface area contributed by atoms with Gasteiger partial charge in [0.25, 0.3) is 6.98 Å². The highest BCUT2D eigenvalue weighted by atomic mass is 28.2. The van der Waals surface area contributed by atoms with Crippen molar-refractivity contribution in [1.82, 2.24) is 14.2 Å². The van der Waals surface area contributed by atoms with Crippen molar-refractivity contribution in [2.24, 2.45) is 0 Å². The van der Waals surface area contributed by atoms with Gasteiger partial charge in [0.15, 0.2) is 0 Å². The van der Waals surface area contributed by atoms with Gasteiger partial charge in [0.05, 0.1) is 5.82 Å². The van der Waals surface area contributed by atoms with E-state index >= 15 is 0 Å². The highest BCUT2D eigenvalue weighted by molar-refractivity contribution is 6.86. The van der Waals surface area contributed by atoms with Crippen molar-refractivity contribution in [3.05, 3.63) is 18.3 Å². The van der Waals surface area contributed by atoms with Crippen molar-refractivity contribution in [2.45, 2.75) is 33.5 Å². The number of rotatable bonds is 2. The Balaban J connectivity index is 2.25. The summed E-state index contributed by atoms with van der Waals surface area (Å²) in [5.41, 5.74) is 0. The predicted octanol–water partition coefficient (Wildman–Crippen LogP) is 0.979. The van der Waals surface area contributed by atoms with E-state index in [0.717, 1.165) is 0 Å². The molecule has 1 aromatic rings. The highest BCUT2D eigenvalue weighted by Crippen LogP contribution is 2.21. The first-order valence-electron chi connectivity index (χ1n) is 6.28. The highest BCUT2D eigenvalue weighted by Gasteiger charge is 2.41. The maximum Gasteiger partial charge on any atom is 0.322 e. The van der Waals surface area contributed by atoms with Crippen molar-refractivity contribution in [3.63, 3.8) is 0 Å². The van der Waals surface area contributed by atoms with Crippen LogP contribution in [0.4, 0.5) is 5.82 Å². The van der Waals surface area contributed by atoms with Crippen LogP contribution in [-0.2, 0) is 0 Å². The average Bonchev–Trinajstić information content (AvgIpc) is 2.76. The quantitative estimate of drug-likeness (QED) is 0.788. The first-order valence-corrected chi connectivity index (χ1v) is 7.31. The fourth-order valence-corrected chi connectivity index (χ4v) is 4.03. The monoisotopic (exact) mass is 247 g/mol. The lowest BCUT2D eigenvalue weighted by Gasteiger charge is -2.49. The summed E-state index contributed by atoms with van der Waals surface area (Å²) < 4.78 is 7.50. The molecule has 0 aromatic carbocycles. The molecule has 0 amide bonds. The molecular formula is C10H21B2N4Si. The standard InChI is InChI=1S/C10H21B2N4Si/c1-9(2)15-11(3)14(5)17-16(12(15)4)10-7-6-8-13-10/h6-9,13,17H,1-5H3. The Morgan fingerprint density at radius 2 is 2.00 bits per heavy atom.